The van der Waals surface area contributed by atoms with E-state index in [4.69, 9.17) is 9.72 Å². The van der Waals surface area contributed by atoms with Gasteiger partial charge in [0.1, 0.15) is 11.5 Å². The fourth-order valence-electron chi connectivity index (χ4n) is 4.63. The maximum atomic E-state index is 11.9. The van der Waals surface area contributed by atoms with E-state index in [1.165, 1.54) is 0 Å². The van der Waals surface area contributed by atoms with E-state index in [9.17, 15) is 15.0 Å². The molecule has 0 saturated carbocycles. The van der Waals surface area contributed by atoms with Crippen LogP contribution < -0.4 is 4.90 Å². The Balaban J connectivity index is 1.87. The van der Waals surface area contributed by atoms with Crippen molar-refractivity contribution in [2.75, 3.05) is 24.6 Å². The first-order valence-electron chi connectivity index (χ1n) is 11.3. The lowest BCUT2D eigenvalue weighted by atomic mass is 9.92. The first-order chi connectivity index (χ1) is 16.1. The Hall–Kier alpha value is -2.68. The molecule has 1 unspecified atom stereocenters. The minimum atomic E-state index is -1.64. The average molecular weight is 528 g/mol. The van der Waals surface area contributed by atoms with Gasteiger partial charge in [-0.2, -0.15) is 0 Å². The second-order valence-corrected chi connectivity index (χ2v) is 10.0. The Kier molecular flexibility index (Phi) is 6.85. The summed E-state index contributed by atoms with van der Waals surface area (Å²) < 4.78 is 8.90. The molecule has 0 bridgehead atoms. The number of aryl methyl sites for hydroxylation is 1. The first kappa shape index (κ1) is 24.4. The minimum Gasteiger partial charge on any atom is -0.479 e. The molecule has 1 aromatic carbocycles. The number of imidazole rings is 1. The number of rotatable bonds is 7. The van der Waals surface area contributed by atoms with Crippen LogP contribution in [0.1, 0.15) is 42.6 Å². The number of aliphatic hydroxyl groups is 1. The minimum absolute atomic E-state index is 0.272. The normalized spacial score (nSPS) is 16.6. The van der Waals surface area contributed by atoms with Crippen molar-refractivity contribution in [1.82, 2.24) is 9.38 Å². The molecule has 2 N–H and O–H groups in total. The van der Waals surface area contributed by atoms with Gasteiger partial charge < -0.3 is 19.8 Å². The number of anilines is 1. The van der Waals surface area contributed by atoms with Gasteiger partial charge in [0.05, 0.1) is 17.9 Å². The number of benzene rings is 1. The number of aromatic nitrogens is 2. The van der Waals surface area contributed by atoms with Crippen molar-refractivity contribution in [3.63, 3.8) is 0 Å². The third-order valence-corrected chi connectivity index (χ3v) is 7.27. The van der Waals surface area contributed by atoms with Crippen molar-refractivity contribution in [2.45, 2.75) is 45.3 Å². The lowest BCUT2D eigenvalue weighted by molar-refractivity contribution is -0.147. The summed E-state index contributed by atoms with van der Waals surface area (Å²) in [6, 6.07) is 7.90. The van der Waals surface area contributed by atoms with Crippen molar-refractivity contribution in [2.24, 2.45) is 0 Å². The fraction of sp³-hybridized carbons (Fsp3) is 0.385. The number of piperidine rings is 1. The van der Waals surface area contributed by atoms with Gasteiger partial charge in [-0.25, -0.2) is 9.78 Å². The molecule has 8 heteroatoms. The van der Waals surface area contributed by atoms with Crippen LogP contribution in [0, 0.1) is 13.8 Å². The van der Waals surface area contributed by atoms with E-state index in [0.717, 1.165) is 45.3 Å². The summed E-state index contributed by atoms with van der Waals surface area (Å²) >= 11 is 3.52. The highest BCUT2D eigenvalue weighted by Gasteiger charge is 2.35. The maximum absolute atomic E-state index is 11.9. The molecule has 180 valence electrons. The Bertz CT molecular complexity index is 1240. The van der Waals surface area contributed by atoms with Gasteiger partial charge in [-0.15, -0.1) is 6.58 Å². The molecule has 0 spiro atoms. The average Bonchev–Trinajstić information content (AvgIpc) is 3.26. The van der Waals surface area contributed by atoms with Gasteiger partial charge in [-0.05, 0) is 56.9 Å². The summed E-state index contributed by atoms with van der Waals surface area (Å²) in [5.41, 5.74) is 4.20. The van der Waals surface area contributed by atoms with E-state index in [1.807, 2.05) is 48.7 Å². The topological polar surface area (TPSA) is 87.3 Å². The molecule has 0 amide bonds. The number of ether oxygens (including phenoxy) is 1. The summed E-state index contributed by atoms with van der Waals surface area (Å²) in [6.07, 6.45) is 3.58. The maximum Gasteiger partial charge on any atom is 0.337 e. The number of aliphatic carboxylic acids is 1. The van der Waals surface area contributed by atoms with Crippen LogP contribution in [0.4, 0.5) is 5.82 Å². The number of nitrogens with zero attached hydrogens (tertiary/aromatic N) is 3. The molecule has 3 aromatic rings. The molecule has 1 aliphatic heterocycles. The number of hydrogen-bond acceptors (Lipinski definition) is 5. The van der Waals surface area contributed by atoms with Crippen LogP contribution in [-0.4, -0.2) is 50.9 Å². The van der Waals surface area contributed by atoms with Crippen LogP contribution >= 0.6 is 15.9 Å². The van der Waals surface area contributed by atoms with Gasteiger partial charge >= 0.3 is 5.97 Å². The van der Waals surface area contributed by atoms with Crippen molar-refractivity contribution < 1.29 is 19.7 Å². The number of fused-ring (bicyclic) bond motifs is 1. The highest BCUT2D eigenvalue weighted by Crippen LogP contribution is 2.38. The number of carboxylic acid groups (broad SMARTS) is 1. The standard InChI is InChI=1S/C26H30BrN3O4/c1-5-13-34-26(4)9-11-29(12-10-26)24-21(22(31)25(32)33)16(2)17(3)23-28-20(15-30(23)24)18-7-6-8-19(27)14-18/h5-8,14-15,22,31H,1,9-13H2,2-4H3,(H,32,33). The first-order valence-corrected chi connectivity index (χ1v) is 12.1. The molecule has 1 fully saturated rings. The predicted molar refractivity (Wildman–Crippen MR) is 136 cm³/mol. The highest BCUT2D eigenvalue weighted by molar-refractivity contribution is 9.10. The molecule has 1 aliphatic rings. The zero-order valence-corrected chi connectivity index (χ0v) is 21.3. The molecular formula is C26H30BrN3O4. The van der Waals surface area contributed by atoms with Gasteiger partial charge in [0.15, 0.2) is 6.10 Å². The molecule has 1 saturated heterocycles. The smallest absolute Gasteiger partial charge is 0.337 e. The van der Waals surface area contributed by atoms with E-state index in [2.05, 4.69) is 34.3 Å². The Morgan fingerprint density at radius 2 is 2.03 bits per heavy atom. The quantitative estimate of drug-likeness (QED) is 0.417. The third kappa shape index (κ3) is 4.50. The van der Waals surface area contributed by atoms with Crippen molar-refractivity contribution in [1.29, 1.82) is 0 Å². The summed E-state index contributed by atoms with van der Waals surface area (Å²) in [5, 5.41) is 20.5. The van der Waals surface area contributed by atoms with Crippen molar-refractivity contribution in [3.05, 3.63) is 64.3 Å². The summed E-state index contributed by atoms with van der Waals surface area (Å²) in [5.74, 6) is -0.598. The van der Waals surface area contributed by atoms with E-state index in [0.29, 0.717) is 31.1 Å². The van der Waals surface area contributed by atoms with E-state index in [-0.39, 0.29) is 5.60 Å². The van der Waals surface area contributed by atoms with Gasteiger partial charge in [0.25, 0.3) is 0 Å². The lowest BCUT2D eigenvalue weighted by Crippen LogP contribution is -2.45. The van der Waals surface area contributed by atoms with Gasteiger partial charge in [0, 0.05) is 34.9 Å². The molecule has 0 aliphatic carbocycles. The number of carbonyl (C=O) groups is 1. The molecule has 4 rings (SSSR count). The largest absolute Gasteiger partial charge is 0.479 e. The van der Waals surface area contributed by atoms with E-state index in [1.54, 1.807) is 6.08 Å². The van der Waals surface area contributed by atoms with Gasteiger partial charge in [-0.3, -0.25) is 4.40 Å². The summed E-state index contributed by atoms with van der Waals surface area (Å²) in [6.45, 7) is 11.4. The molecule has 0 radical (unpaired) electrons. The number of pyridine rings is 1. The number of aliphatic hydroxyl groups excluding tert-OH is 1. The molecule has 2 aromatic heterocycles. The molecule has 34 heavy (non-hydrogen) atoms. The van der Waals surface area contributed by atoms with Crippen LogP contribution in [0.15, 0.2) is 47.6 Å². The summed E-state index contributed by atoms with van der Waals surface area (Å²) in [7, 11) is 0. The zero-order valence-electron chi connectivity index (χ0n) is 19.7. The van der Waals surface area contributed by atoms with Crippen molar-refractivity contribution in [3.8, 4) is 11.3 Å². The molecule has 1 atom stereocenters. The predicted octanol–water partition coefficient (Wildman–Crippen LogP) is 5.06. The highest BCUT2D eigenvalue weighted by atomic mass is 79.9. The Labute approximate surface area is 207 Å². The molecule has 7 nitrogen and oxygen atoms in total. The van der Waals surface area contributed by atoms with E-state index >= 15 is 0 Å². The fourth-order valence-corrected chi connectivity index (χ4v) is 5.03. The summed E-state index contributed by atoms with van der Waals surface area (Å²) in [4.78, 5) is 18.9. The van der Waals surface area contributed by atoms with Crippen LogP contribution in [0.2, 0.25) is 0 Å². The lowest BCUT2D eigenvalue weighted by Gasteiger charge is -2.41. The Morgan fingerprint density at radius 3 is 2.65 bits per heavy atom. The van der Waals surface area contributed by atoms with Crippen LogP contribution in [-0.2, 0) is 9.53 Å². The number of carboxylic acids is 1. The molecule has 3 heterocycles. The Morgan fingerprint density at radius 1 is 1.32 bits per heavy atom. The number of hydrogen-bond donors (Lipinski definition) is 2. The van der Waals surface area contributed by atoms with Crippen molar-refractivity contribution >= 4 is 33.4 Å². The van der Waals surface area contributed by atoms with Crippen LogP contribution in [0.25, 0.3) is 16.9 Å². The van der Waals surface area contributed by atoms with Gasteiger partial charge in [-0.1, -0.05) is 34.1 Å². The third-order valence-electron chi connectivity index (χ3n) is 6.77. The van der Waals surface area contributed by atoms with Crippen LogP contribution in [0.5, 0.6) is 0 Å². The zero-order chi connectivity index (χ0) is 24.6. The second kappa shape index (κ2) is 9.52. The monoisotopic (exact) mass is 527 g/mol. The van der Waals surface area contributed by atoms with E-state index < -0.39 is 12.1 Å². The van der Waals surface area contributed by atoms with Gasteiger partial charge in [0.2, 0.25) is 0 Å². The molecular weight excluding hydrogens is 498 g/mol. The SMILES string of the molecule is C=CCOC1(C)CCN(c2c(C(O)C(=O)O)c(C)c(C)c3nc(-c4cccc(Br)c4)cn23)CC1. The van der Waals surface area contributed by atoms with Crippen LogP contribution in [0.3, 0.4) is 0 Å². The second-order valence-electron chi connectivity index (χ2n) is 9.09. The number of halogens is 1.